The van der Waals surface area contributed by atoms with E-state index in [1.807, 2.05) is 6.07 Å². The molecule has 19 heavy (non-hydrogen) atoms. The summed E-state index contributed by atoms with van der Waals surface area (Å²) in [4.78, 5) is 1.68. The van der Waals surface area contributed by atoms with Gasteiger partial charge in [0.25, 0.3) is 0 Å². The van der Waals surface area contributed by atoms with Crippen LogP contribution in [0.3, 0.4) is 0 Å². The SMILES string of the molecule is CC(O)c1sc(-c2ccc(C(F)(F)F)cc2)cc1I. The minimum atomic E-state index is -4.31. The fourth-order valence-electron chi connectivity index (χ4n) is 1.63. The second-order valence-electron chi connectivity index (χ2n) is 4.07. The van der Waals surface area contributed by atoms with E-state index in [9.17, 15) is 18.3 Å². The first kappa shape index (κ1) is 14.8. The summed E-state index contributed by atoms with van der Waals surface area (Å²) in [6, 6.07) is 6.93. The first-order valence-electron chi connectivity index (χ1n) is 5.44. The molecule has 1 N–H and O–H groups in total. The number of aliphatic hydroxyl groups excluding tert-OH is 1. The molecule has 0 saturated carbocycles. The van der Waals surface area contributed by atoms with Crippen LogP contribution in [-0.4, -0.2) is 5.11 Å². The molecule has 0 amide bonds. The summed E-state index contributed by atoms with van der Waals surface area (Å²) < 4.78 is 38.3. The van der Waals surface area contributed by atoms with Crippen molar-refractivity contribution in [2.24, 2.45) is 0 Å². The molecule has 0 bridgehead atoms. The largest absolute Gasteiger partial charge is 0.416 e. The molecule has 0 aliphatic rings. The maximum atomic E-state index is 12.5. The molecule has 1 unspecified atom stereocenters. The number of rotatable bonds is 2. The highest BCUT2D eigenvalue weighted by molar-refractivity contribution is 14.1. The third-order valence-corrected chi connectivity index (χ3v) is 5.20. The van der Waals surface area contributed by atoms with Gasteiger partial charge >= 0.3 is 6.18 Å². The van der Waals surface area contributed by atoms with Crippen molar-refractivity contribution in [3.63, 3.8) is 0 Å². The first-order chi connectivity index (χ1) is 8.79. The van der Waals surface area contributed by atoms with Crippen molar-refractivity contribution in [3.8, 4) is 10.4 Å². The maximum absolute atomic E-state index is 12.5. The number of benzene rings is 1. The molecule has 1 heterocycles. The van der Waals surface area contributed by atoms with Gasteiger partial charge in [-0.15, -0.1) is 11.3 Å². The van der Waals surface area contributed by atoms with Crippen LogP contribution in [-0.2, 0) is 6.18 Å². The highest BCUT2D eigenvalue weighted by atomic mass is 127. The lowest BCUT2D eigenvalue weighted by molar-refractivity contribution is -0.137. The second kappa shape index (κ2) is 5.41. The molecular formula is C13H10F3IOS. The number of alkyl halides is 3. The molecule has 0 fully saturated rings. The summed E-state index contributed by atoms with van der Waals surface area (Å²) in [5.74, 6) is 0. The number of hydrogen-bond acceptors (Lipinski definition) is 2. The van der Waals surface area contributed by atoms with E-state index in [0.29, 0.717) is 0 Å². The van der Waals surface area contributed by atoms with E-state index in [1.54, 1.807) is 6.92 Å². The smallest absolute Gasteiger partial charge is 0.388 e. The second-order valence-corrected chi connectivity index (χ2v) is 6.32. The Morgan fingerprint density at radius 2 is 1.79 bits per heavy atom. The summed E-state index contributed by atoms with van der Waals surface area (Å²) >= 11 is 3.51. The van der Waals surface area contributed by atoms with Gasteiger partial charge in [0.2, 0.25) is 0 Å². The van der Waals surface area contributed by atoms with Gasteiger partial charge in [0.05, 0.1) is 11.7 Å². The molecular weight excluding hydrogens is 388 g/mol. The Balaban J connectivity index is 2.35. The molecule has 1 aromatic carbocycles. The van der Waals surface area contributed by atoms with Crippen LogP contribution in [0.2, 0.25) is 0 Å². The van der Waals surface area contributed by atoms with Gasteiger partial charge in [0, 0.05) is 13.3 Å². The van der Waals surface area contributed by atoms with Crippen LogP contribution < -0.4 is 0 Å². The van der Waals surface area contributed by atoms with Gasteiger partial charge in [-0.05, 0) is 53.3 Å². The van der Waals surface area contributed by atoms with Crippen molar-refractivity contribution in [1.82, 2.24) is 0 Å². The van der Waals surface area contributed by atoms with Crippen LogP contribution >= 0.6 is 33.9 Å². The zero-order chi connectivity index (χ0) is 14.2. The molecule has 102 valence electrons. The minimum absolute atomic E-state index is 0.569. The molecule has 0 aliphatic heterocycles. The van der Waals surface area contributed by atoms with Crippen molar-refractivity contribution in [2.75, 3.05) is 0 Å². The van der Waals surface area contributed by atoms with Crippen molar-refractivity contribution in [1.29, 1.82) is 0 Å². The predicted molar refractivity (Wildman–Crippen MR) is 78.1 cm³/mol. The molecule has 1 aromatic heterocycles. The summed E-state index contributed by atoms with van der Waals surface area (Å²) in [5, 5.41) is 9.57. The van der Waals surface area contributed by atoms with Crippen LogP contribution in [0.1, 0.15) is 23.5 Å². The molecule has 2 aromatic rings. The Kier molecular flexibility index (Phi) is 4.22. The molecule has 0 aliphatic carbocycles. The van der Waals surface area contributed by atoms with Gasteiger partial charge in [-0.2, -0.15) is 13.2 Å². The molecule has 0 radical (unpaired) electrons. The van der Waals surface area contributed by atoms with Gasteiger partial charge in [0.1, 0.15) is 0 Å². The number of aliphatic hydroxyl groups is 1. The van der Waals surface area contributed by atoms with Gasteiger partial charge in [-0.25, -0.2) is 0 Å². The lowest BCUT2D eigenvalue weighted by Gasteiger charge is -2.06. The standard InChI is InChI=1S/C13H10F3IOS/c1-7(18)12-10(17)6-11(19-12)8-2-4-9(5-3-8)13(14,15)16/h2-7,18H,1H3. The normalized spacial score (nSPS) is 13.6. The molecule has 2 rings (SSSR count). The highest BCUT2D eigenvalue weighted by Gasteiger charge is 2.30. The van der Waals surface area contributed by atoms with E-state index < -0.39 is 17.8 Å². The molecule has 0 spiro atoms. The summed E-state index contributed by atoms with van der Waals surface area (Å²) in [5.41, 5.74) is 0.0704. The lowest BCUT2D eigenvalue weighted by Crippen LogP contribution is -2.03. The van der Waals surface area contributed by atoms with Crippen LogP contribution in [0.15, 0.2) is 30.3 Å². The zero-order valence-electron chi connectivity index (χ0n) is 9.83. The van der Waals surface area contributed by atoms with Gasteiger partial charge in [-0.3, -0.25) is 0 Å². The van der Waals surface area contributed by atoms with Gasteiger partial charge < -0.3 is 5.11 Å². The van der Waals surface area contributed by atoms with E-state index in [0.717, 1.165) is 31.0 Å². The average molecular weight is 398 g/mol. The van der Waals surface area contributed by atoms with E-state index in [2.05, 4.69) is 22.6 Å². The van der Waals surface area contributed by atoms with Crippen LogP contribution in [0, 0.1) is 3.57 Å². The van der Waals surface area contributed by atoms with E-state index in [-0.39, 0.29) is 0 Å². The number of thiophene rings is 1. The maximum Gasteiger partial charge on any atom is 0.416 e. The Labute approximate surface area is 126 Å². The molecule has 1 atom stereocenters. The molecule has 6 heteroatoms. The monoisotopic (exact) mass is 398 g/mol. The van der Waals surface area contributed by atoms with Crippen molar-refractivity contribution >= 4 is 33.9 Å². The fraction of sp³-hybridized carbons (Fsp3) is 0.231. The number of halogens is 4. The Morgan fingerprint density at radius 3 is 2.21 bits per heavy atom. The van der Waals surface area contributed by atoms with E-state index >= 15 is 0 Å². The topological polar surface area (TPSA) is 20.2 Å². The van der Waals surface area contributed by atoms with E-state index in [1.165, 1.54) is 23.5 Å². The lowest BCUT2D eigenvalue weighted by atomic mass is 10.1. The summed E-state index contributed by atoms with van der Waals surface area (Å²) in [6.45, 7) is 1.67. The van der Waals surface area contributed by atoms with Crippen molar-refractivity contribution in [3.05, 3.63) is 44.3 Å². The predicted octanol–water partition coefficient (Wildman–Crippen LogP) is 5.09. The third kappa shape index (κ3) is 3.29. The zero-order valence-corrected chi connectivity index (χ0v) is 12.8. The summed E-state index contributed by atoms with van der Waals surface area (Å²) in [7, 11) is 0. The first-order valence-corrected chi connectivity index (χ1v) is 7.33. The average Bonchev–Trinajstić information content (AvgIpc) is 2.70. The van der Waals surface area contributed by atoms with Gasteiger partial charge in [-0.1, -0.05) is 12.1 Å². The van der Waals surface area contributed by atoms with Crippen molar-refractivity contribution < 1.29 is 18.3 Å². The van der Waals surface area contributed by atoms with Crippen LogP contribution in [0.4, 0.5) is 13.2 Å². The molecule has 0 saturated heterocycles. The highest BCUT2D eigenvalue weighted by Crippen LogP contribution is 2.37. The Morgan fingerprint density at radius 1 is 1.21 bits per heavy atom. The fourth-order valence-corrected chi connectivity index (χ4v) is 3.93. The molecule has 1 nitrogen and oxygen atoms in total. The van der Waals surface area contributed by atoms with E-state index in [4.69, 9.17) is 0 Å². The van der Waals surface area contributed by atoms with Crippen LogP contribution in [0.5, 0.6) is 0 Å². The van der Waals surface area contributed by atoms with Crippen molar-refractivity contribution in [2.45, 2.75) is 19.2 Å². The third-order valence-electron chi connectivity index (χ3n) is 2.59. The quantitative estimate of drug-likeness (QED) is 0.699. The van der Waals surface area contributed by atoms with Gasteiger partial charge in [0.15, 0.2) is 0 Å². The Hall–Kier alpha value is -0.600. The Bertz CT molecular complexity index is 573. The minimum Gasteiger partial charge on any atom is -0.388 e. The van der Waals surface area contributed by atoms with Crippen LogP contribution in [0.25, 0.3) is 10.4 Å². The number of hydrogen-bond donors (Lipinski definition) is 1. The summed E-state index contributed by atoms with van der Waals surface area (Å²) in [6.07, 6.45) is -4.88.